The fraction of sp³-hybridized carbons (Fsp3) is 0.111. The number of fused-ring (bicyclic) bond motifs is 2. The highest BCUT2D eigenvalue weighted by molar-refractivity contribution is 7.87. The summed E-state index contributed by atoms with van der Waals surface area (Å²) in [4.78, 5) is 0.0661. The molecule has 12 nitrogen and oxygen atoms in total. The van der Waals surface area contributed by atoms with Gasteiger partial charge < -0.3 is 11.5 Å². The second-order valence-electron chi connectivity index (χ2n) is 11.4. The van der Waals surface area contributed by atoms with Crippen molar-refractivity contribution in [3.8, 4) is 11.1 Å². The Balaban J connectivity index is 1.25. The zero-order valence-electron chi connectivity index (χ0n) is 27.4. The molecule has 0 bridgehead atoms. The summed E-state index contributed by atoms with van der Waals surface area (Å²) in [5, 5.41) is 20.4. The van der Waals surface area contributed by atoms with Crippen LogP contribution >= 0.6 is 0 Å². The van der Waals surface area contributed by atoms with E-state index in [-0.39, 0.29) is 9.79 Å². The van der Waals surface area contributed by atoms with E-state index < -0.39 is 20.2 Å². The highest BCUT2D eigenvalue weighted by atomic mass is 32.2. The van der Waals surface area contributed by atoms with Crippen LogP contribution in [-0.2, 0) is 28.6 Å². The van der Waals surface area contributed by atoms with Gasteiger partial charge in [-0.2, -0.15) is 27.1 Å². The molecule has 0 aliphatic heterocycles. The lowest BCUT2D eigenvalue weighted by molar-refractivity contribution is 0.397. The normalized spacial score (nSPS) is 12.5. The summed E-state index contributed by atoms with van der Waals surface area (Å²) in [6.45, 7) is 3.87. The van der Waals surface area contributed by atoms with Crippen molar-refractivity contribution in [2.45, 2.75) is 23.6 Å². The molecule has 0 aromatic heterocycles. The Morgan fingerprint density at radius 1 is 0.500 bits per heavy atom. The van der Waals surface area contributed by atoms with Gasteiger partial charge in [0.2, 0.25) is 0 Å². The molecule has 254 valence electrons. The fourth-order valence-electron chi connectivity index (χ4n) is 5.45. The number of anilines is 2. The molecule has 0 amide bonds. The van der Waals surface area contributed by atoms with Gasteiger partial charge in [0.05, 0.1) is 46.8 Å². The molecule has 0 spiro atoms. The van der Waals surface area contributed by atoms with Crippen LogP contribution in [0.15, 0.2) is 127 Å². The van der Waals surface area contributed by atoms with E-state index in [0.29, 0.717) is 55.7 Å². The van der Waals surface area contributed by atoms with Gasteiger partial charge in [-0.3, -0.25) is 8.37 Å². The van der Waals surface area contributed by atoms with E-state index in [1.54, 1.807) is 36.4 Å². The van der Waals surface area contributed by atoms with Crippen LogP contribution in [0, 0.1) is 13.8 Å². The highest BCUT2D eigenvalue weighted by Gasteiger charge is 2.17. The molecule has 4 N–H and O–H groups in total. The van der Waals surface area contributed by atoms with Gasteiger partial charge in [-0.15, -0.1) is 10.2 Å². The maximum Gasteiger partial charge on any atom is 0.296 e. The van der Waals surface area contributed by atoms with Crippen molar-refractivity contribution < 1.29 is 25.2 Å². The molecule has 6 aromatic carbocycles. The first-order chi connectivity index (χ1) is 23.8. The minimum absolute atomic E-state index is 0.0331. The number of rotatable bonds is 9. The first-order valence-corrected chi connectivity index (χ1v) is 17.9. The van der Waals surface area contributed by atoms with Crippen LogP contribution in [0.4, 0.5) is 34.1 Å². The van der Waals surface area contributed by atoms with Crippen LogP contribution in [-0.4, -0.2) is 31.1 Å². The molecule has 6 aromatic rings. The highest BCUT2D eigenvalue weighted by Crippen LogP contribution is 2.38. The van der Waals surface area contributed by atoms with E-state index in [2.05, 4.69) is 28.8 Å². The standard InChI is InChI=1S/C36H32N6O6S2/c1-21-17-23(7-15-33(21)39-41-35-29-11-9-27(49(43,44)47-3)19-25(29)5-13-31(35)37)24-8-16-34(22(2)18-24)40-42-36-30-12-10-28(50(45,46)48-4)20-26(30)6-14-32(36)38/h5-20H,37-38H2,1-4H3. The summed E-state index contributed by atoms with van der Waals surface area (Å²) < 4.78 is 57.9. The number of nitrogen functional groups attached to an aromatic ring is 2. The molecule has 0 atom stereocenters. The predicted molar refractivity (Wildman–Crippen MR) is 195 cm³/mol. The van der Waals surface area contributed by atoms with E-state index in [1.807, 2.05) is 50.2 Å². The first-order valence-electron chi connectivity index (χ1n) is 15.1. The molecule has 0 saturated carbocycles. The Hall–Kier alpha value is -5.54. The lowest BCUT2D eigenvalue weighted by Crippen LogP contribution is -2.02. The Bertz CT molecular complexity index is 2420. The first kappa shape index (κ1) is 34.3. The van der Waals surface area contributed by atoms with E-state index in [0.717, 1.165) is 36.5 Å². The summed E-state index contributed by atoms with van der Waals surface area (Å²) in [5.74, 6) is 0. The third-order valence-corrected chi connectivity index (χ3v) is 10.8. The largest absolute Gasteiger partial charge is 0.397 e. The summed E-state index contributed by atoms with van der Waals surface area (Å²) in [5.41, 5.74) is 19.1. The van der Waals surface area contributed by atoms with Crippen molar-refractivity contribution >= 4 is 75.9 Å². The van der Waals surface area contributed by atoms with Gasteiger partial charge in [-0.1, -0.05) is 36.4 Å². The minimum Gasteiger partial charge on any atom is -0.397 e. The van der Waals surface area contributed by atoms with Crippen molar-refractivity contribution in [1.29, 1.82) is 0 Å². The van der Waals surface area contributed by atoms with Crippen molar-refractivity contribution in [1.82, 2.24) is 0 Å². The van der Waals surface area contributed by atoms with Crippen LogP contribution in [0.1, 0.15) is 11.1 Å². The molecule has 0 saturated heterocycles. The zero-order chi connectivity index (χ0) is 35.8. The maximum absolute atomic E-state index is 12.2. The van der Waals surface area contributed by atoms with E-state index >= 15 is 0 Å². The molecular weight excluding hydrogens is 677 g/mol. The molecule has 0 radical (unpaired) electrons. The molecule has 0 fully saturated rings. The SMILES string of the molecule is COS(=O)(=O)c1ccc2c(N=Nc3ccc(-c4ccc(N=Nc5c(N)ccc6cc(S(=O)(=O)OC)ccc56)c(C)c4)cc3C)c(N)ccc2c1. The van der Waals surface area contributed by atoms with Crippen molar-refractivity contribution in [3.63, 3.8) is 0 Å². The number of nitrogens with two attached hydrogens (primary N) is 2. The topological polar surface area (TPSA) is 188 Å². The van der Waals surface area contributed by atoms with Crippen LogP contribution in [0.3, 0.4) is 0 Å². The van der Waals surface area contributed by atoms with E-state index in [1.165, 1.54) is 24.3 Å². The molecule has 0 unspecified atom stereocenters. The Kier molecular flexibility index (Phi) is 9.20. The summed E-state index contributed by atoms with van der Waals surface area (Å²) in [7, 11) is -5.48. The Morgan fingerprint density at radius 2 is 0.900 bits per heavy atom. The number of benzene rings is 6. The average molecular weight is 709 g/mol. The molecular formula is C36H32N6O6S2. The molecule has 0 aliphatic rings. The second kappa shape index (κ2) is 13.4. The monoisotopic (exact) mass is 708 g/mol. The fourth-order valence-corrected chi connectivity index (χ4v) is 6.84. The third kappa shape index (κ3) is 6.69. The molecule has 6 rings (SSSR count). The van der Waals surface area contributed by atoms with Crippen molar-refractivity contribution in [2.24, 2.45) is 20.5 Å². The number of nitrogens with zero attached hydrogens (tertiary/aromatic N) is 4. The molecule has 14 heteroatoms. The van der Waals surface area contributed by atoms with Crippen LogP contribution in [0.5, 0.6) is 0 Å². The average Bonchev–Trinajstić information content (AvgIpc) is 3.11. The number of aryl methyl sites for hydroxylation is 2. The quantitative estimate of drug-likeness (QED) is 0.0845. The molecule has 0 aliphatic carbocycles. The second-order valence-corrected chi connectivity index (χ2v) is 14.8. The van der Waals surface area contributed by atoms with E-state index in [9.17, 15) is 16.8 Å². The van der Waals surface area contributed by atoms with Crippen LogP contribution < -0.4 is 11.5 Å². The Labute approximate surface area is 289 Å². The van der Waals surface area contributed by atoms with Gasteiger partial charge in [0.15, 0.2) is 0 Å². The maximum atomic E-state index is 12.2. The van der Waals surface area contributed by atoms with E-state index in [4.69, 9.17) is 11.5 Å². The summed E-state index contributed by atoms with van der Waals surface area (Å²) in [6, 6.07) is 27.6. The Morgan fingerprint density at radius 3 is 1.26 bits per heavy atom. The number of hydrogen-bond donors (Lipinski definition) is 2. The lowest BCUT2D eigenvalue weighted by atomic mass is 10.0. The van der Waals surface area contributed by atoms with Gasteiger partial charge in [-0.25, -0.2) is 0 Å². The van der Waals surface area contributed by atoms with Crippen molar-refractivity contribution in [2.75, 3.05) is 25.7 Å². The summed E-state index contributed by atoms with van der Waals surface area (Å²) >= 11 is 0. The van der Waals surface area contributed by atoms with Crippen LogP contribution in [0.2, 0.25) is 0 Å². The lowest BCUT2D eigenvalue weighted by Gasteiger charge is -2.09. The van der Waals surface area contributed by atoms with Gasteiger partial charge in [0, 0.05) is 10.8 Å². The van der Waals surface area contributed by atoms with Gasteiger partial charge in [-0.05, 0) is 108 Å². The van der Waals surface area contributed by atoms with Gasteiger partial charge >= 0.3 is 0 Å². The minimum atomic E-state index is -3.85. The third-order valence-electron chi connectivity index (χ3n) is 8.25. The number of azo groups is 2. The molecule has 0 heterocycles. The predicted octanol–water partition coefficient (Wildman–Crippen LogP) is 8.94. The summed E-state index contributed by atoms with van der Waals surface area (Å²) in [6.07, 6.45) is 0. The van der Waals surface area contributed by atoms with Crippen molar-refractivity contribution in [3.05, 3.63) is 108 Å². The smallest absolute Gasteiger partial charge is 0.296 e. The number of hydrogen-bond acceptors (Lipinski definition) is 12. The van der Waals surface area contributed by atoms with Crippen LogP contribution in [0.25, 0.3) is 32.7 Å². The zero-order valence-corrected chi connectivity index (χ0v) is 29.1. The van der Waals surface area contributed by atoms with Gasteiger partial charge in [0.25, 0.3) is 20.2 Å². The molecule has 50 heavy (non-hydrogen) atoms. The van der Waals surface area contributed by atoms with Gasteiger partial charge in [0.1, 0.15) is 11.4 Å².